The number of rotatable bonds is 8. The Balaban J connectivity index is 2.04. The zero-order valence-electron chi connectivity index (χ0n) is 22.9. The number of nitrogens with two attached hydrogens (primary N) is 2. The second-order valence-electron chi connectivity index (χ2n) is 10.2. The Hall–Kier alpha value is -3.76. The molecule has 1 heterocycles. The number of hydrazine groups is 1. The number of hydrogen-bond donors (Lipinski definition) is 3. The summed E-state index contributed by atoms with van der Waals surface area (Å²) < 4.78 is 121. The fraction of sp³-hybridized carbons (Fsp3) is 0.500. The number of alkyl halides is 9. The molecule has 1 aliphatic rings. The fourth-order valence-electron chi connectivity index (χ4n) is 4.68. The van der Waals surface area contributed by atoms with Gasteiger partial charge in [0.05, 0.1) is 16.7 Å². The van der Waals surface area contributed by atoms with Crippen LogP contribution in [0.1, 0.15) is 70.4 Å². The summed E-state index contributed by atoms with van der Waals surface area (Å²) in [5.74, 6) is 4.26. The first-order chi connectivity index (χ1) is 19.8. The molecule has 5 N–H and O–H groups in total. The van der Waals surface area contributed by atoms with E-state index in [4.69, 9.17) is 11.6 Å². The topological polar surface area (TPSA) is 113 Å². The molecular formula is C26H30F9N7O. The van der Waals surface area contributed by atoms with Gasteiger partial charge >= 0.3 is 18.5 Å². The first-order valence-corrected chi connectivity index (χ1v) is 13.0. The number of carbonyl (C=O) groups excluding carboxylic acids is 1. The third kappa shape index (κ3) is 9.62. The maximum Gasteiger partial charge on any atom is 0.417 e. The molecule has 0 spiro atoms. The Bertz CT molecular complexity index is 1270. The fourth-order valence-corrected chi connectivity index (χ4v) is 4.68. The van der Waals surface area contributed by atoms with Crippen LogP contribution in [0.4, 0.5) is 39.5 Å². The normalized spacial score (nSPS) is 15.4. The van der Waals surface area contributed by atoms with Gasteiger partial charge in [0, 0.05) is 38.4 Å². The van der Waals surface area contributed by atoms with Crippen LogP contribution >= 0.6 is 0 Å². The predicted octanol–water partition coefficient (Wildman–Crippen LogP) is 5.49. The lowest BCUT2D eigenvalue weighted by molar-refractivity contribution is -0.143. The second kappa shape index (κ2) is 13.3. The predicted molar refractivity (Wildman–Crippen MR) is 137 cm³/mol. The Morgan fingerprint density at radius 3 is 1.98 bits per heavy atom. The molecular weight excluding hydrogens is 597 g/mol. The average molecular weight is 628 g/mol. The standard InChI is InChI=1S/C26H30F9N7O/c1-41(37)40-23(36)42(13-16-7-18(24(27,28)29)10-19(8-16)25(30,31)32)14-17-9-20(26(33,34)35)12-38-21(17)22(43)39-11-15-5-3-2-4-6-15/h7-10,12,15H,2-6,11,13-14,37H2,1H3,(H2,36,40)(H,39,43). The van der Waals surface area contributed by atoms with E-state index in [1.165, 1.54) is 7.05 Å². The van der Waals surface area contributed by atoms with E-state index in [-0.39, 0.29) is 24.1 Å². The molecule has 1 aromatic heterocycles. The Kier molecular flexibility index (Phi) is 10.4. The van der Waals surface area contributed by atoms with Crippen LogP contribution in [0.5, 0.6) is 0 Å². The molecule has 0 aliphatic heterocycles. The minimum atomic E-state index is -5.15. The Morgan fingerprint density at radius 1 is 0.907 bits per heavy atom. The molecule has 0 bridgehead atoms. The lowest BCUT2D eigenvalue weighted by Crippen LogP contribution is -2.40. The van der Waals surface area contributed by atoms with Gasteiger partial charge in [-0.25, -0.2) is 11.0 Å². The molecule has 0 atom stereocenters. The van der Waals surface area contributed by atoms with Crippen molar-refractivity contribution in [2.24, 2.45) is 22.6 Å². The van der Waals surface area contributed by atoms with Gasteiger partial charge in [0.2, 0.25) is 5.96 Å². The van der Waals surface area contributed by atoms with E-state index in [2.05, 4.69) is 15.4 Å². The Labute approximate surface area is 240 Å². The molecule has 1 aromatic carbocycles. The number of nitrogens with zero attached hydrogens (tertiary/aromatic N) is 4. The number of halogens is 9. The largest absolute Gasteiger partial charge is 0.417 e. The van der Waals surface area contributed by atoms with E-state index in [0.717, 1.165) is 37.0 Å². The molecule has 2 aromatic rings. The van der Waals surface area contributed by atoms with Crippen LogP contribution in [-0.4, -0.2) is 40.5 Å². The molecule has 3 rings (SSSR count). The van der Waals surface area contributed by atoms with Crippen molar-refractivity contribution in [3.05, 3.63) is 64.0 Å². The van der Waals surface area contributed by atoms with Crippen LogP contribution in [0.25, 0.3) is 0 Å². The number of pyridine rings is 1. The van der Waals surface area contributed by atoms with Crippen molar-refractivity contribution in [2.45, 2.75) is 63.7 Å². The van der Waals surface area contributed by atoms with E-state index in [1.807, 2.05) is 0 Å². The maximum atomic E-state index is 13.6. The molecule has 43 heavy (non-hydrogen) atoms. The molecule has 17 heteroatoms. The number of benzene rings is 1. The van der Waals surface area contributed by atoms with Gasteiger partial charge in [0.15, 0.2) is 0 Å². The van der Waals surface area contributed by atoms with Gasteiger partial charge in [0.25, 0.3) is 5.91 Å². The van der Waals surface area contributed by atoms with E-state index in [9.17, 15) is 44.3 Å². The van der Waals surface area contributed by atoms with Gasteiger partial charge in [-0.05, 0) is 48.6 Å². The van der Waals surface area contributed by atoms with Crippen LogP contribution in [0, 0.1) is 5.92 Å². The van der Waals surface area contributed by atoms with Crippen molar-refractivity contribution in [3.8, 4) is 0 Å². The summed E-state index contributed by atoms with van der Waals surface area (Å²) in [6.07, 6.45) is -10.0. The van der Waals surface area contributed by atoms with Crippen LogP contribution < -0.4 is 16.9 Å². The zero-order valence-corrected chi connectivity index (χ0v) is 22.9. The second-order valence-corrected chi connectivity index (χ2v) is 10.2. The monoisotopic (exact) mass is 627 g/mol. The van der Waals surface area contributed by atoms with Crippen molar-refractivity contribution in [2.75, 3.05) is 13.6 Å². The third-order valence-corrected chi connectivity index (χ3v) is 6.75. The van der Waals surface area contributed by atoms with Crippen molar-refractivity contribution in [3.63, 3.8) is 0 Å². The molecule has 0 saturated heterocycles. The van der Waals surface area contributed by atoms with Crippen LogP contribution in [0.2, 0.25) is 0 Å². The first-order valence-electron chi connectivity index (χ1n) is 13.0. The highest BCUT2D eigenvalue weighted by atomic mass is 19.4. The van der Waals surface area contributed by atoms with Crippen LogP contribution in [-0.2, 0) is 31.6 Å². The van der Waals surface area contributed by atoms with E-state index in [0.29, 0.717) is 29.5 Å². The van der Waals surface area contributed by atoms with E-state index >= 15 is 0 Å². The minimum absolute atomic E-state index is 0.0651. The average Bonchev–Trinajstić information content (AvgIpc) is 2.90. The van der Waals surface area contributed by atoms with E-state index < -0.39 is 71.4 Å². The number of guanidine groups is 1. The third-order valence-electron chi connectivity index (χ3n) is 6.75. The van der Waals surface area contributed by atoms with Gasteiger partial charge in [-0.2, -0.15) is 39.5 Å². The molecule has 0 unspecified atom stereocenters. The van der Waals surface area contributed by atoms with Gasteiger partial charge in [0.1, 0.15) is 5.69 Å². The maximum absolute atomic E-state index is 13.6. The summed E-state index contributed by atoms with van der Waals surface area (Å²) in [6.45, 7) is -1.24. The highest BCUT2D eigenvalue weighted by molar-refractivity contribution is 5.94. The number of amides is 1. The highest BCUT2D eigenvalue weighted by Gasteiger charge is 2.37. The number of hydrazone groups is 1. The molecule has 238 valence electrons. The quantitative estimate of drug-likeness (QED) is 0.117. The summed E-state index contributed by atoms with van der Waals surface area (Å²) in [4.78, 5) is 17.6. The summed E-state index contributed by atoms with van der Waals surface area (Å²) in [7, 11) is 1.20. The van der Waals surface area contributed by atoms with Crippen LogP contribution in [0.3, 0.4) is 0 Å². The number of hydrogen-bond acceptors (Lipinski definition) is 5. The molecule has 1 amide bonds. The number of nitrogens with one attached hydrogen (secondary N) is 1. The zero-order chi connectivity index (χ0) is 32.2. The molecule has 1 fully saturated rings. The van der Waals surface area contributed by atoms with Crippen molar-refractivity contribution >= 4 is 11.9 Å². The molecule has 0 radical (unpaired) electrons. The number of aromatic nitrogens is 1. The lowest BCUT2D eigenvalue weighted by atomic mass is 9.89. The summed E-state index contributed by atoms with van der Waals surface area (Å²) >= 11 is 0. The van der Waals surface area contributed by atoms with Crippen molar-refractivity contribution < 1.29 is 44.3 Å². The molecule has 1 aliphatic carbocycles. The van der Waals surface area contributed by atoms with Gasteiger partial charge in [-0.15, -0.1) is 5.10 Å². The van der Waals surface area contributed by atoms with E-state index in [1.54, 1.807) is 0 Å². The van der Waals surface area contributed by atoms with Crippen molar-refractivity contribution in [1.29, 1.82) is 0 Å². The minimum Gasteiger partial charge on any atom is -0.368 e. The summed E-state index contributed by atoms with van der Waals surface area (Å²) in [5, 5.41) is 7.04. The van der Waals surface area contributed by atoms with Crippen LogP contribution in [0.15, 0.2) is 35.6 Å². The Morgan fingerprint density at radius 2 is 1.47 bits per heavy atom. The summed E-state index contributed by atoms with van der Waals surface area (Å²) in [5.41, 5.74) is 0.170. The van der Waals surface area contributed by atoms with Crippen molar-refractivity contribution in [1.82, 2.24) is 20.3 Å². The SMILES string of the molecule is CN(N)/N=C(\N)N(Cc1cc(C(F)(F)F)cc(C(F)(F)F)c1)Cc1cc(C(F)(F)F)cnc1C(=O)NCC1CCCCC1. The van der Waals surface area contributed by atoms with Gasteiger partial charge in [-0.3, -0.25) is 9.78 Å². The summed E-state index contributed by atoms with van der Waals surface area (Å²) in [6, 6.07) is 1.44. The first kappa shape index (κ1) is 33.7. The lowest BCUT2D eigenvalue weighted by Gasteiger charge is -2.27. The van der Waals surface area contributed by atoms with Gasteiger partial charge < -0.3 is 16.0 Å². The highest BCUT2D eigenvalue weighted by Crippen LogP contribution is 2.37. The molecule has 8 nitrogen and oxygen atoms in total. The smallest absolute Gasteiger partial charge is 0.368 e. The number of carbonyl (C=O) groups is 1. The van der Waals surface area contributed by atoms with Gasteiger partial charge in [-0.1, -0.05) is 19.3 Å². The molecule has 1 saturated carbocycles.